The van der Waals surface area contributed by atoms with Crippen molar-refractivity contribution >= 4 is 51.4 Å². The van der Waals surface area contributed by atoms with Crippen molar-refractivity contribution < 1.29 is 19.1 Å². The molecular formula is C24H20N2O4S. The molecule has 0 aliphatic carbocycles. The summed E-state index contributed by atoms with van der Waals surface area (Å²) >= 11 is 0.823. The lowest BCUT2D eigenvalue weighted by Crippen LogP contribution is -2.36. The number of amides is 3. The molecule has 3 amide bonds. The largest absolute Gasteiger partial charge is 0.493 e. The fraction of sp³-hybridized carbons (Fsp3) is 0.125. The molecule has 0 radical (unpaired) electrons. The van der Waals surface area contributed by atoms with Crippen molar-refractivity contribution in [3.8, 4) is 5.75 Å². The van der Waals surface area contributed by atoms with Crippen LogP contribution < -0.4 is 10.1 Å². The lowest BCUT2D eigenvalue weighted by atomic mass is 10.0. The molecule has 3 aromatic rings. The number of ether oxygens (including phenoxy) is 1. The number of imide groups is 1. The average molecular weight is 433 g/mol. The number of para-hydroxylation sites is 1. The molecular weight excluding hydrogens is 412 g/mol. The summed E-state index contributed by atoms with van der Waals surface area (Å²) < 4.78 is 5.75. The van der Waals surface area contributed by atoms with Crippen LogP contribution in [0.25, 0.3) is 16.8 Å². The summed E-state index contributed by atoms with van der Waals surface area (Å²) in [7, 11) is 0. The van der Waals surface area contributed by atoms with Crippen LogP contribution in [0.2, 0.25) is 0 Å². The van der Waals surface area contributed by atoms with Gasteiger partial charge in [0.25, 0.3) is 11.1 Å². The van der Waals surface area contributed by atoms with E-state index in [1.165, 1.54) is 0 Å². The number of carbonyl (C=O) groups is 3. The van der Waals surface area contributed by atoms with E-state index in [1.807, 2.05) is 49.4 Å². The highest BCUT2D eigenvalue weighted by Gasteiger charge is 2.36. The summed E-state index contributed by atoms with van der Waals surface area (Å²) in [6.07, 6.45) is 1.67. The summed E-state index contributed by atoms with van der Waals surface area (Å²) in [6.45, 7) is 2.02. The maximum Gasteiger partial charge on any atom is 0.294 e. The van der Waals surface area contributed by atoms with Gasteiger partial charge >= 0.3 is 0 Å². The van der Waals surface area contributed by atoms with Crippen molar-refractivity contribution in [1.29, 1.82) is 0 Å². The van der Waals surface area contributed by atoms with Gasteiger partial charge < -0.3 is 10.1 Å². The van der Waals surface area contributed by atoms with Gasteiger partial charge in [0.05, 0.1) is 11.5 Å². The molecule has 1 saturated heterocycles. The van der Waals surface area contributed by atoms with Gasteiger partial charge in [-0.15, -0.1) is 0 Å². The van der Waals surface area contributed by atoms with Crippen LogP contribution in [0.15, 0.2) is 71.6 Å². The smallest absolute Gasteiger partial charge is 0.294 e. The molecule has 1 heterocycles. The van der Waals surface area contributed by atoms with E-state index in [0.717, 1.165) is 33.0 Å². The zero-order chi connectivity index (χ0) is 21.8. The van der Waals surface area contributed by atoms with Gasteiger partial charge in [0.1, 0.15) is 12.3 Å². The van der Waals surface area contributed by atoms with Crippen LogP contribution in [-0.2, 0) is 9.59 Å². The van der Waals surface area contributed by atoms with E-state index in [2.05, 4.69) is 5.32 Å². The molecule has 0 spiro atoms. The van der Waals surface area contributed by atoms with Crippen LogP contribution in [-0.4, -0.2) is 35.1 Å². The van der Waals surface area contributed by atoms with Crippen LogP contribution in [0, 0.1) is 0 Å². The molecule has 31 heavy (non-hydrogen) atoms. The van der Waals surface area contributed by atoms with E-state index in [0.29, 0.717) is 18.0 Å². The number of hydrogen-bond donors (Lipinski definition) is 1. The quantitative estimate of drug-likeness (QED) is 0.560. The molecule has 1 aliphatic rings. The highest BCUT2D eigenvalue weighted by atomic mass is 32.2. The molecule has 0 unspecified atom stereocenters. The Labute approximate surface area is 183 Å². The first kappa shape index (κ1) is 20.7. The number of rotatable bonds is 6. The maximum absolute atomic E-state index is 12.9. The van der Waals surface area contributed by atoms with Gasteiger partial charge in [0.15, 0.2) is 0 Å². The summed E-state index contributed by atoms with van der Waals surface area (Å²) in [4.78, 5) is 38.9. The minimum Gasteiger partial charge on any atom is -0.493 e. The number of nitrogens with one attached hydrogen (secondary N) is 1. The van der Waals surface area contributed by atoms with E-state index in [4.69, 9.17) is 4.74 Å². The van der Waals surface area contributed by atoms with E-state index < -0.39 is 17.1 Å². The molecule has 0 atom stereocenters. The summed E-state index contributed by atoms with van der Waals surface area (Å²) in [5.74, 6) is -0.293. The fourth-order valence-electron chi connectivity index (χ4n) is 3.34. The molecule has 156 valence electrons. The third kappa shape index (κ3) is 4.46. The second kappa shape index (κ2) is 9.06. The monoisotopic (exact) mass is 432 g/mol. The normalized spacial score (nSPS) is 15.0. The summed E-state index contributed by atoms with van der Waals surface area (Å²) in [6, 6.07) is 20.5. The van der Waals surface area contributed by atoms with Gasteiger partial charge in [-0.3, -0.25) is 19.3 Å². The zero-order valence-corrected chi connectivity index (χ0v) is 17.6. The second-order valence-electron chi connectivity index (χ2n) is 6.81. The van der Waals surface area contributed by atoms with Crippen molar-refractivity contribution in [2.24, 2.45) is 0 Å². The summed E-state index contributed by atoms with van der Waals surface area (Å²) in [5.41, 5.74) is 1.34. The zero-order valence-electron chi connectivity index (χ0n) is 16.8. The van der Waals surface area contributed by atoms with E-state index >= 15 is 0 Å². The Kier molecular flexibility index (Phi) is 6.04. The molecule has 4 rings (SSSR count). The number of carbonyl (C=O) groups excluding carboxylic acids is 3. The third-order valence-electron chi connectivity index (χ3n) is 4.74. The third-order valence-corrected chi connectivity index (χ3v) is 5.65. The van der Waals surface area contributed by atoms with E-state index in [-0.39, 0.29) is 11.4 Å². The van der Waals surface area contributed by atoms with E-state index in [9.17, 15) is 14.4 Å². The van der Waals surface area contributed by atoms with Gasteiger partial charge in [-0.2, -0.15) is 0 Å². The van der Waals surface area contributed by atoms with Crippen LogP contribution in [0.1, 0.15) is 12.5 Å². The van der Waals surface area contributed by atoms with Gasteiger partial charge in [-0.05, 0) is 53.7 Å². The van der Waals surface area contributed by atoms with Gasteiger partial charge in [0, 0.05) is 11.3 Å². The van der Waals surface area contributed by atoms with Crippen molar-refractivity contribution in [1.82, 2.24) is 4.90 Å². The van der Waals surface area contributed by atoms with Crippen molar-refractivity contribution in [3.05, 3.63) is 77.2 Å². The first-order valence-electron chi connectivity index (χ1n) is 9.81. The van der Waals surface area contributed by atoms with Crippen LogP contribution >= 0.6 is 11.8 Å². The first-order valence-corrected chi connectivity index (χ1v) is 10.6. The van der Waals surface area contributed by atoms with E-state index in [1.54, 1.807) is 30.3 Å². The molecule has 1 aliphatic heterocycles. The number of hydrogen-bond acceptors (Lipinski definition) is 5. The van der Waals surface area contributed by atoms with Crippen molar-refractivity contribution in [3.63, 3.8) is 0 Å². The molecule has 0 saturated carbocycles. The van der Waals surface area contributed by atoms with Crippen molar-refractivity contribution in [2.45, 2.75) is 6.92 Å². The number of fused-ring (bicyclic) bond motifs is 1. The van der Waals surface area contributed by atoms with Crippen LogP contribution in [0.3, 0.4) is 0 Å². The Morgan fingerprint density at radius 1 is 1.03 bits per heavy atom. The number of benzene rings is 3. The number of anilines is 1. The standard InChI is InChI=1S/C24H20N2O4S/c1-2-30-20-13-12-16-8-6-7-11-18(16)19(20)14-21-23(28)26(24(29)31-21)15-22(27)25-17-9-4-3-5-10-17/h3-14H,2,15H2,1H3,(H,25,27)/b21-14+. The minimum atomic E-state index is -0.492. The molecule has 1 N–H and O–H groups in total. The Hall–Kier alpha value is -3.58. The van der Waals surface area contributed by atoms with Gasteiger partial charge in [0.2, 0.25) is 5.91 Å². The first-order chi connectivity index (χ1) is 15.1. The predicted molar refractivity (Wildman–Crippen MR) is 123 cm³/mol. The van der Waals surface area contributed by atoms with Crippen LogP contribution in [0.4, 0.5) is 10.5 Å². The number of nitrogens with zero attached hydrogens (tertiary/aromatic N) is 1. The second-order valence-corrected chi connectivity index (χ2v) is 7.81. The van der Waals surface area contributed by atoms with Crippen molar-refractivity contribution in [2.75, 3.05) is 18.5 Å². The molecule has 0 aromatic heterocycles. The summed E-state index contributed by atoms with van der Waals surface area (Å²) in [5, 5.41) is 4.13. The molecule has 3 aromatic carbocycles. The van der Waals surface area contributed by atoms with Gasteiger partial charge in [-0.1, -0.05) is 48.5 Å². The SMILES string of the molecule is CCOc1ccc2ccccc2c1/C=C1/SC(=O)N(CC(=O)Nc2ccccc2)C1=O. The molecule has 1 fully saturated rings. The fourth-order valence-corrected chi connectivity index (χ4v) is 4.16. The topological polar surface area (TPSA) is 75.7 Å². The Balaban J connectivity index is 1.60. The highest BCUT2D eigenvalue weighted by Crippen LogP contribution is 2.36. The van der Waals surface area contributed by atoms with Gasteiger partial charge in [-0.25, -0.2) is 0 Å². The Morgan fingerprint density at radius 2 is 1.77 bits per heavy atom. The van der Waals surface area contributed by atoms with Crippen LogP contribution in [0.5, 0.6) is 5.75 Å². The molecule has 0 bridgehead atoms. The molecule has 7 heteroatoms. The Bertz CT molecular complexity index is 1190. The Morgan fingerprint density at radius 3 is 2.55 bits per heavy atom. The number of thioether (sulfide) groups is 1. The highest BCUT2D eigenvalue weighted by molar-refractivity contribution is 8.18. The lowest BCUT2D eigenvalue weighted by molar-refractivity contribution is -0.127. The minimum absolute atomic E-state index is 0.259. The lowest BCUT2D eigenvalue weighted by Gasteiger charge is -2.13. The maximum atomic E-state index is 12.9. The average Bonchev–Trinajstić information content (AvgIpc) is 3.03. The molecule has 6 nitrogen and oxygen atoms in total. The predicted octanol–water partition coefficient (Wildman–Crippen LogP) is 4.91.